The van der Waals surface area contributed by atoms with Gasteiger partial charge in [0.25, 0.3) is 5.91 Å². The number of amides is 1. The average Bonchev–Trinajstić information content (AvgIpc) is 3.24. The van der Waals surface area contributed by atoms with Crippen molar-refractivity contribution in [2.45, 2.75) is 13.5 Å². The second-order valence-electron chi connectivity index (χ2n) is 4.61. The predicted molar refractivity (Wildman–Crippen MR) is 85.8 cm³/mol. The van der Waals surface area contributed by atoms with E-state index in [9.17, 15) is 4.79 Å². The molecule has 0 aliphatic heterocycles. The van der Waals surface area contributed by atoms with Gasteiger partial charge in [-0.15, -0.1) is 16.4 Å². The summed E-state index contributed by atoms with van der Waals surface area (Å²) in [4.78, 5) is 13.0. The lowest BCUT2D eigenvalue weighted by Gasteiger charge is -2.11. The second-order valence-corrected chi connectivity index (χ2v) is 5.53. The summed E-state index contributed by atoms with van der Waals surface area (Å²) >= 11 is 1.35. The van der Waals surface area contributed by atoms with E-state index in [2.05, 4.69) is 20.8 Å². The first kappa shape index (κ1) is 15.2. The Morgan fingerprint density at radius 1 is 1.35 bits per heavy atom. The third kappa shape index (κ3) is 3.37. The second kappa shape index (κ2) is 7.01. The zero-order valence-corrected chi connectivity index (χ0v) is 13.3. The maximum absolute atomic E-state index is 12.4. The fraction of sp³-hybridized carbons (Fsp3) is 0.200. The molecule has 2 heterocycles. The largest absolute Gasteiger partial charge is 0.494 e. The lowest BCUT2D eigenvalue weighted by molar-refractivity contribution is 0.0954. The van der Waals surface area contributed by atoms with Crippen LogP contribution in [-0.4, -0.2) is 32.7 Å². The van der Waals surface area contributed by atoms with Crippen molar-refractivity contribution in [3.63, 3.8) is 0 Å². The number of carbonyl (C=O) groups is 1. The van der Waals surface area contributed by atoms with Crippen LogP contribution in [0.25, 0.3) is 5.69 Å². The van der Waals surface area contributed by atoms with Gasteiger partial charge in [-0.1, -0.05) is 18.2 Å². The summed E-state index contributed by atoms with van der Waals surface area (Å²) < 4.78 is 7.04. The molecule has 7 nitrogen and oxygen atoms in total. The molecule has 0 aliphatic carbocycles. The molecule has 0 aliphatic rings. The molecule has 2 aromatic heterocycles. The van der Waals surface area contributed by atoms with E-state index in [4.69, 9.17) is 4.74 Å². The minimum Gasteiger partial charge on any atom is -0.494 e. The Balaban J connectivity index is 1.73. The molecular weight excluding hydrogens is 314 g/mol. The van der Waals surface area contributed by atoms with Crippen molar-refractivity contribution in [2.75, 3.05) is 6.61 Å². The van der Waals surface area contributed by atoms with Gasteiger partial charge in [0.2, 0.25) is 0 Å². The maximum Gasteiger partial charge on any atom is 0.263 e. The number of hydrogen-bond acceptors (Lipinski definition) is 6. The first-order valence-corrected chi connectivity index (χ1v) is 7.97. The van der Waals surface area contributed by atoms with Crippen LogP contribution < -0.4 is 10.1 Å². The van der Waals surface area contributed by atoms with E-state index in [0.717, 1.165) is 11.3 Å². The van der Waals surface area contributed by atoms with Crippen LogP contribution in [-0.2, 0) is 6.54 Å². The summed E-state index contributed by atoms with van der Waals surface area (Å²) in [5.74, 6) is 0.610. The minimum atomic E-state index is -0.170. The predicted octanol–water partition coefficient (Wildman–Crippen LogP) is 2.05. The molecule has 0 saturated heterocycles. The van der Waals surface area contributed by atoms with Crippen molar-refractivity contribution in [1.29, 1.82) is 0 Å². The highest BCUT2D eigenvalue weighted by Crippen LogP contribution is 2.21. The van der Waals surface area contributed by atoms with E-state index in [1.807, 2.05) is 42.6 Å². The molecule has 3 aromatic rings. The Kier molecular flexibility index (Phi) is 4.62. The molecule has 3 rings (SSSR count). The number of aromatic nitrogens is 4. The topological polar surface area (TPSA) is 81.9 Å². The van der Waals surface area contributed by atoms with Crippen molar-refractivity contribution in [3.05, 3.63) is 52.5 Å². The summed E-state index contributed by atoms with van der Waals surface area (Å²) in [6.07, 6.45) is 1.46. The number of carbonyl (C=O) groups excluding carboxylic acids is 1. The fourth-order valence-corrected chi connectivity index (χ4v) is 2.92. The zero-order chi connectivity index (χ0) is 16.1. The standard InChI is InChI=1S/C15H15N5O2S/c1-2-22-13-6-4-3-5-11(13)9-16-15(21)14-12(7-8-23-14)20-10-17-18-19-20/h3-8,10H,2,9H2,1H3,(H,16,21). The Morgan fingerprint density at radius 3 is 3.00 bits per heavy atom. The van der Waals surface area contributed by atoms with Gasteiger partial charge in [0.05, 0.1) is 12.3 Å². The number of rotatable bonds is 6. The van der Waals surface area contributed by atoms with Gasteiger partial charge in [-0.05, 0) is 34.9 Å². The molecule has 0 bridgehead atoms. The number of hydrogen-bond donors (Lipinski definition) is 1. The highest BCUT2D eigenvalue weighted by atomic mass is 32.1. The number of nitrogens with one attached hydrogen (secondary N) is 1. The smallest absolute Gasteiger partial charge is 0.263 e. The Bertz CT molecular complexity index is 785. The van der Waals surface area contributed by atoms with Gasteiger partial charge in [-0.25, -0.2) is 0 Å². The lowest BCUT2D eigenvalue weighted by atomic mass is 10.2. The Hall–Kier alpha value is -2.74. The van der Waals surface area contributed by atoms with E-state index in [-0.39, 0.29) is 5.91 Å². The van der Waals surface area contributed by atoms with Crippen molar-refractivity contribution >= 4 is 17.2 Å². The number of tetrazole rings is 1. The Labute approximate surface area is 136 Å². The van der Waals surface area contributed by atoms with Crippen molar-refractivity contribution < 1.29 is 9.53 Å². The molecule has 0 unspecified atom stereocenters. The molecule has 1 amide bonds. The van der Waals surface area contributed by atoms with E-state index >= 15 is 0 Å². The van der Waals surface area contributed by atoms with Crippen molar-refractivity contribution in [1.82, 2.24) is 25.5 Å². The van der Waals surface area contributed by atoms with Gasteiger partial charge in [0.15, 0.2) is 0 Å². The molecule has 0 spiro atoms. The molecule has 8 heteroatoms. The molecule has 23 heavy (non-hydrogen) atoms. The summed E-state index contributed by atoms with van der Waals surface area (Å²) in [6.45, 7) is 2.90. The highest BCUT2D eigenvalue weighted by molar-refractivity contribution is 7.12. The summed E-state index contributed by atoms with van der Waals surface area (Å²) in [7, 11) is 0. The van der Waals surface area contributed by atoms with Gasteiger partial charge >= 0.3 is 0 Å². The van der Waals surface area contributed by atoms with Crippen LogP contribution in [0.3, 0.4) is 0 Å². The first-order valence-electron chi connectivity index (χ1n) is 7.09. The van der Waals surface area contributed by atoms with Crippen LogP contribution in [0.4, 0.5) is 0 Å². The van der Waals surface area contributed by atoms with Crippen LogP contribution in [0.2, 0.25) is 0 Å². The number of nitrogens with zero attached hydrogens (tertiary/aromatic N) is 4. The third-order valence-electron chi connectivity index (χ3n) is 3.16. The summed E-state index contributed by atoms with van der Waals surface area (Å²) in [5, 5.41) is 15.8. The number of ether oxygens (including phenoxy) is 1. The van der Waals surface area contributed by atoms with Crippen molar-refractivity contribution in [2.24, 2.45) is 0 Å². The monoisotopic (exact) mass is 329 g/mol. The van der Waals surface area contributed by atoms with Crippen LogP contribution in [0.5, 0.6) is 5.75 Å². The first-order chi connectivity index (χ1) is 11.3. The summed E-state index contributed by atoms with van der Waals surface area (Å²) in [6, 6.07) is 9.46. The SMILES string of the molecule is CCOc1ccccc1CNC(=O)c1sccc1-n1cnnn1. The molecular formula is C15H15N5O2S. The van der Waals surface area contributed by atoms with E-state index < -0.39 is 0 Å². The Morgan fingerprint density at radius 2 is 2.22 bits per heavy atom. The number of thiophene rings is 1. The van der Waals surface area contributed by atoms with Crippen LogP contribution >= 0.6 is 11.3 Å². The fourth-order valence-electron chi connectivity index (χ4n) is 2.13. The van der Waals surface area contributed by atoms with Gasteiger partial charge in [0.1, 0.15) is 17.0 Å². The maximum atomic E-state index is 12.4. The van der Waals surface area contributed by atoms with E-state index in [1.165, 1.54) is 22.3 Å². The van der Waals surface area contributed by atoms with Gasteiger partial charge in [-0.2, -0.15) is 4.68 Å². The van der Waals surface area contributed by atoms with Gasteiger partial charge in [-0.3, -0.25) is 4.79 Å². The third-order valence-corrected chi connectivity index (χ3v) is 4.06. The van der Waals surface area contributed by atoms with Crippen LogP contribution in [0.15, 0.2) is 42.0 Å². The molecule has 0 saturated carbocycles. The zero-order valence-electron chi connectivity index (χ0n) is 12.5. The number of benzene rings is 1. The summed E-state index contributed by atoms with van der Waals surface area (Å²) in [5.41, 5.74) is 1.60. The van der Waals surface area contributed by atoms with Gasteiger partial charge in [0, 0.05) is 12.1 Å². The molecule has 118 valence electrons. The van der Waals surface area contributed by atoms with Crippen LogP contribution in [0.1, 0.15) is 22.2 Å². The molecule has 0 fully saturated rings. The van der Waals surface area contributed by atoms with Crippen LogP contribution in [0, 0.1) is 0 Å². The molecule has 1 N–H and O–H groups in total. The molecule has 0 atom stereocenters. The minimum absolute atomic E-state index is 0.170. The lowest BCUT2D eigenvalue weighted by Crippen LogP contribution is -2.23. The molecule has 0 radical (unpaired) electrons. The van der Waals surface area contributed by atoms with Gasteiger partial charge < -0.3 is 10.1 Å². The number of para-hydroxylation sites is 1. The quantitative estimate of drug-likeness (QED) is 0.748. The van der Waals surface area contributed by atoms with E-state index in [0.29, 0.717) is 23.7 Å². The molecule has 1 aromatic carbocycles. The normalized spacial score (nSPS) is 10.5. The average molecular weight is 329 g/mol. The van der Waals surface area contributed by atoms with Crippen molar-refractivity contribution in [3.8, 4) is 11.4 Å². The highest BCUT2D eigenvalue weighted by Gasteiger charge is 2.16. The van der Waals surface area contributed by atoms with E-state index in [1.54, 1.807) is 0 Å².